The van der Waals surface area contributed by atoms with Crippen molar-refractivity contribution < 1.29 is 27.2 Å². The number of ether oxygens (including phenoxy) is 1. The number of hydrogen-bond donors (Lipinski definition) is 1. The molecule has 0 radical (unpaired) electrons. The van der Waals surface area contributed by atoms with Crippen molar-refractivity contribution in [2.45, 2.75) is 12.8 Å². The molecule has 0 heterocycles. The molecule has 1 N–H and O–H groups in total. The van der Waals surface area contributed by atoms with Crippen LogP contribution in [0.25, 0.3) is 0 Å². The number of nitrogens with zero attached hydrogens (tertiary/aromatic N) is 2. The number of alkyl halides is 3. The molecule has 6 nitrogen and oxygen atoms in total. The summed E-state index contributed by atoms with van der Waals surface area (Å²) < 4.78 is 57.1. The number of nitrogens with one attached hydrogen (secondary N) is 1. The van der Waals surface area contributed by atoms with Crippen LogP contribution >= 0.6 is 0 Å². The van der Waals surface area contributed by atoms with Crippen molar-refractivity contribution in [3.05, 3.63) is 99.4 Å². The van der Waals surface area contributed by atoms with Crippen molar-refractivity contribution in [3.63, 3.8) is 0 Å². The van der Waals surface area contributed by atoms with Gasteiger partial charge in [-0.25, -0.2) is 4.39 Å². The van der Waals surface area contributed by atoms with Crippen molar-refractivity contribution >= 4 is 17.6 Å². The van der Waals surface area contributed by atoms with E-state index in [1.807, 2.05) is 0 Å². The SMILES string of the molecule is O=[N+]([O-])c1cc(C(F)(F)F)ccc1N/N=C\c1ccccc1OCc1ccc(F)cc1. The molecule has 3 aromatic rings. The van der Waals surface area contributed by atoms with E-state index in [4.69, 9.17) is 4.74 Å². The second-order valence-electron chi connectivity index (χ2n) is 6.31. The number of benzene rings is 3. The number of hydrogen-bond acceptors (Lipinski definition) is 5. The van der Waals surface area contributed by atoms with E-state index in [0.717, 1.165) is 17.7 Å². The van der Waals surface area contributed by atoms with Crippen molar-refractivity contribution in [2.24, 2.45) is 5.10 Å². The van der Waals surface area contributed by atoms with E-state index >= 15 is 0 Å². The molecule has 0 aliphatic heterocycles. The zero-order valence-corrected chi connectivity index (χ0v) is 15.8. The number of para-hydroxylation sites is 1. The third-order valence-corrected chi connectivity index (χ3v) is 4.14. The first-order valence-corrected chi connectivity index (χ1v) is 8.85. The second-order valence-corrected chi connectivity index (χ2v) is 6.31. The molecule has 0 amide bonds. The Labute approximate surface area is 173 Å². The van der Waals surface area contributed by atoms with Gasteiger partial charge in [-0.15, -0.1) is 0 Å². The van der Waals surface area contributed by atoms with E-state index in [1.165, 1.54) is 18.3 Å². The molecule has 0 aliphatic carbocycles. The van der Waals surface area contributed by atoms with Gasteiger partial charge in [0.25, 0.3) is 5.69 Å². The highest BCUT2D eigenvalue weighted by molar-refractivity contribution is 5.84. The fourth-order valence-electron chi connectivity index (χ4n) is 2.59. The molecule has 0 spiro atoms. The van der Waals surface area contributed by atoms with Crippen molar-refractivity contribution in [1.82, 2.24) is 0 Å². The van der Waals surface area contributed by atoms with Crippen LogP contribution in [0.1, 0.15) is 16.7 Å². The number of halogens is 4. The van der Waals surface area contributed by atoms with Crippen LogP contribution in [-0.4, -0.2) is 11.1 Å². The summed E-state index contributed by atoms with van der Waals surface area (Å²) in [6.45, 7) is 0.170. The number of rotatable bonds is 7. The number of anilines is 1. The maximum absolute atomic E-state index is 13.0. The van der Waals surface area contributed by atoms with Gasteiger partial charge in [-0.2, -0.15) is 18.3 Å². The van der Waals surface area contributed by atoms with Crippen molar-refractivity contribution in [3.8, 4) is 5.75 Å². The third kappa shape index (κ3) is 5.78. The van der Waals surface area contributed by atoms with Gasteiger partial charge >= 0.3 is 6.18 Å². The van der Waals surface area contributed by atoms with Gasteiger partial charge < -0.3 is 4.74 Å². The molecule has 0 aromatic heterocycles. The summed E-state index contributed by atoms with van der Waals surface area (Å²) in [7, 11) is 0. The first-order chi connectivity index (χ1) is 14.7. The lowest BCUT2D eigenvalue weighted by Gasteiger charge is -2.10. The van der Waals surface area contributed by atoms with Crippen LogP contribution in [-0.2, 0) is 12.8 Å². The van der Waals surface area contributed by atoms with Crippen LogP contribution in [0.15, 0.2) is 71.8 Å². The molecule has 3 aromatic carbocycles. The largest absolute Gasteiger partial charge is 0.488 e. The van der Waals surface area contributed by atoms with Gasteiger partial charge in [0.05, 0.1) is 16.7 Å². The van der Waals surface area contributed by atoms with E-state index in [1.54, 1.807) is 36.4 Å². The normalized spacial score (nSPS) is 11.5. The topological polar surface area (TPSA) is 76.8 Å². The molecule has 31 heavy (non-hydrogen) atoms. The van der Waals surface area contributed by atoms with Gasteiger partial charge in [-0.05, 0) is 42.0 Å². The van der Waals surface area contributed by atoms with E-state index in [0.29, 0.717) is 17.4 Å². The predicted molar refractivity (Wildman–Crippen MR) is 106 cm³/mol. The number of hydrazone groups is 1. The summed E-state index contributed by atoms with van der Waals surface area (Å²) in [6.07, 6.45) is -3.38. The smallest absolute Gasteiger partial charge is 0.416 e. The second kappa shape index (κ2) is 9.24. The number of nitro benzene ring substituents is 1. The first kappa shape index (κ1) is 21.8. The maximum Gasteiger partial charge on any atom is 0.416 e. The van der Waals surface area contributed by atoms with Gasteiger partial charge in [0.2, 0.25) is 0 Å². The minimum absolute atomic E-state index is 0.170. The Hall–Kier alpha value is -3.95. The lowest BCUT2D eigenvalue weighted by atomic mass is 10.1. The standard InChI is InChI=1S/C21H15F4N3O3/c22-17-8-5-14(6-9-17)13-31-20-4-2-1-3-15(20)12-26-27-18-10-7-16(21(23,24)25)11-19(18)28(29)30/h1-12,27H,13H2/b26-12-. The molecule has 10 heteroatoms. The Morgan fingerprint density at radius 3 is 2.45 bits per heavy atom. The van der Waals surface area contributed by atoms with E-state index in [-0.39, 0.29) is 18.1 Å². The number of nitro groups is 1. The Morgan fingerprint density at radius 1 is 1.06 bits per heavy atom. The lowest BCUT2D eigenvalue weighted by Crippen LogP contribution is -2.06. The molecule has 0 aliphatic rings. The molecule has 0 saturated carbocycles. The quantitative estimate of drug-likeness (QED) is 0.222. The highest BCUT2D eigenvalue weighted by atomic mass is 19.4. The highest BCUT2D eigenvalue weighted by Gasteiger charge is 2.33. The van der Waals surface area contributed by atoms with Crippen LogP contribution < -0.4 is 10.2 Å². The molecule has 0 bridgehead atoms. The molecular weight excluding hydrogens is 418 g/mol. The monoisotopic (exact) mass is 433 g/mol. The summed E-state index contributed by atoms with van der Waals surface area (Å²) in [4.78, 5) is 10.2. The Kier molecular flexibility index (Phi) is 6.49. The summed E-state index contributed by atoms with van der Waals surface area (Å²) in [5, 5.41) is 15.0. The van der Waals surface area contributed by atoms with Gasteiger partial charge in [-0.1, -0.05) is 24.3 Å². The van der Waals surface area contributed by atoms with Gasteiger partial charge in [-0.3, -0.25) is 15.5 Å². The lowest BCUT2D eigenvalue weighted by molar-refractivity contribution is -0.384. The Bertz CT molecular complexity index is 1100. The van der Waals surface area contributed by atoms with Crippen molar-refractivity contribution in [2.75, 3.05) is 5.43 Å². The minimum atomic E-state index is -4.70. The minimum Gasteiger partial charge on any atom is -0.488 e. The molecule has 3 rings (SSSR count). The molecular formula is C21H15F4N3O3. The Morgan fingerprint density at radius 2 is 1.77 bits per heavy atom. The van der Waals surface area contributed by atoms with Crippen LogP contribution in [0.3, 0.4) is 0 Å². The van der Waals surface area contributed by atoms with Gasteiger partial charge in [0.15, 0.2) is 0 Å². The van der Waals surface area contributed by atoms with Crippen LogP contribution in [0.4, 0.5) is 28.9 Å². The highest BCUT2D eigenvalue weighted by Crippen LogP contribution is 2.35. The van der Waals surface area contributed by atoms with Crippen molar-refractivity contribution in [1.29, 1.82) is 0 Å². The molecule has 160 valence electrons. The summed E-state index contributed by atoms with van der Waals surface area (Å²) in [5.41, 5.74) is 1.57. The van der Waals surface area contributed by atoms with Gasteiger partial charge in [0.1, 0.15) is 23.9 Å². The molecule has 0 saturated heterocycles. The van der Waals surface area contributed by atoms with E-state index in [9.17, 15) is 27.7 Å². The molecule has 0 atom stereocenters. The average Bonchev–Trinajstić information content (AvgIpc) is 2.73. The summed E-state index contributed by atoms with van der Waals surface area (Å²) in [5.74, 6) is 0.0824. The summed E-state index contributed by atoms with van der Waals surface area (Å²) in [6, 6.07) is 14.7. The average molecular weight is 433 g/mol. The van der Waals surface area contributed by atoms with E-state index < -0.39 is 22.4 Å². The third-order valence-electron chi connectivity index (χ3n) is 4.14. The zero-order chi connectivity index (χ0) is 22.4. The molecule has 0 unspecified atom stereocenters. The zero-order valence-electron chi connectivity index (χ0n) is 15.8. The summed E-state index contributed by atoms with van der Waals surface area (Å²) >= 11 is 0. The maximum atomic E-state index is 13.0. The van der Waals surface area contributed by atoms with E-state index in [2.05, 4.69) is 10.5 Å². The van der Waals surface area contributed by atoms with Crippen LogP contribution in [0.5, 0.6) is 5.75 Å². The molecule has 0 fully saturated rings. The Balaban J connectivity index is 1.74. The first-order valence-electron chi connectivity index (χ1n) is 8.85. The fraction of sp³-hybridized carbons (Fsp3) is 0.0952. The van der Waals surface area contributed by atoms with Gasteiger partial charge in [0, 0.05) is 11.6 Å². The van der Waals surface area contributed by atoms with Crippen LogP contribution in [0.2, 0.25) is 0 Å². The predicted octanol–water partition coefficient (Wildman–Crippen LogP) is 5.78. The van der Waals surface area contributed by atoms with Crippen LogP contribution in [0, 0.1) is 15.9 Å². The fourth-order valence-corrected chi connectivity index (χ4v) is 2.59.